The standard InChI is InChI=1S/C16H12Br2Cl2N6O/c17-11-3-10(6-22-24-16-25-23-8-26(16)21)15(13(18)4-11)27-7-9-1-2-12(19)5-14(9)20/h1-6,8H,7,21H2,(H,24,25). The Morgan fingerprint density at radius 2 is 2.07 bits per heavy atom. The number of halogens is 4. The minimum atomic E-state index is 0.266. The summed E-state index contributed by atoms with van der Waals surface area (Å²) < 4.78 is 8.80. The van der Waals surface area contributed by atoms with Crippen LogP contribution < -0.4 is 16.0 Å². The second-order valence-corrected chi connectivity index (χ2v) is 7.88. The summed E-state index contributed by atoms with van der Waals surface area (Å²) in [7, 11) is 0. The molecule has 0 aliphatic carbocycles. The number of hydrogen-bond donors (Lipinski definition) is 2. The molecule has 0 spiro atoms. The van der Waals surface area contributed by atoms with Crippen LogP contribution in [0.1, 0.15) is 11.1 Å². The molecule has 0 aliphatic heterocycles. The summed E-state index contributed by atoms with van der Waals surface area (Å²) in [6.45, 7) is 0.266. The minimum Gasteiger partial charge on any atom is -0.487 e. The van der Waals surface area contributed by atoms with Gasteiger partial charge in [0.15, 0.2) is 0 Å². The first kappa shape index (κ1) is 19.9. The van der Waals surface area contributed by atoms with Gasteiger partial charge >= 0.3 is 0 Å². The van der Waals surface area contributed by atoms with E-state index in [2.05, 4.69) is 52.6 Å². The summed E-state index contributed by atoms with van der Waals surface area (Å²) in [4.78, 5) is 0. The van der Waals surface area contributed by atoms with E-state index in [1.54, 1.807) is 18.3 Å². The lowest BCUT2D eigenvalue weighted by Gasteiger charge is -2.13. The fraction of sp³-hybridized carbons (Fsp3) is 0.0625. The molecular weight excluding hydrogens is 523 g/mol. The maximum atomic E-state index is 6.21. The van der Waals surface area contributed by atoms with Crippen molar-refractivity contribution in [3.8, 4) is 5.75 Å². The third-order valence-electron chi connectivity index (χ3n) is 3.37. The summed E-state index contributed by atoms with van der Waals surface area (Å²) in [5.74, 6) is 6.53. The first-order valence-electron chi connectivity index (χ1n) is 7.44. The van der Waals surface area contributed by atoms with Crippen LogP contribution in [0.2, 0.25) is 10.0 Å². The molecule has 0 saturated heterocycles. The fourth-order valence-electron chi connectivity index (χ4n) is 2.10. The van der Waals surface area contributed by atoms with Crippen LogP contribution in [-0.2, 0) is 6.61 Å². The van der Waals surface area contributed by atoms with Gasteiger partial charge in [-0.3, -0.25) is 0 Å². The maximum absolute atomic E-state index is 6.21. The summed E-state index contributed by atoms with van der Waals surface area (Å²) in [5.41, 5.74) is 4.24. The first-order valence-corrected chi connectivity index (χ1v) is 9.78. The Labute approximate surface area is 181 Å². The maximum Gasteiger partial charge on any atom is 0.263 e. The zero-order valence-corrected chi connectivity index (χ0v) is 18.2. The predicted molar refractivity (Wildman–Crippen MR) is 114 cm³/mol. The van der Waals surface area contributed by atoms with E-state index < -0.39 is 0 Å². The van der Waals surface area contributed by atoms with Gasteiger partial charge in [0.2, 0.25) is 0 Å². The van der Waals surface area contributed by atoms with E-state index in [1.165, 1.54) is 11.0 Å². The molecule has 0 bridgehead atoms. The van der Waals surface area contributed by atoms with Crippen molar-refractivity contribution < 1.29 is 4.74 Å². The fourth-order valence-corrected chi connectivity index (χ4v) is 3.93. The van der Waals surface area contributed by atoms with Crippen LogP contribution in [0.4, 0.5) is 5.95 Å². The van der Waals surface area contributed by atoms with Crippen molar-refractivity contribution in [1.82, 2.24) is 14.9 Å². The van der Waals surface area contributed by atoms with E-state index in [-0.39, 0.29) is 6.61 Å². The van der Waals surface area contributed by atoms with Crippen molar-refractivity contribution >= 4 is 67.2 Å². The van der Waals surface area contributed by atoms with Gasteiger partial charge in [-0.2, -0.15) is 5.10 Å². The number of rotatable bonds is 6. The molecule has 0 amide bonds. The number of nitrogen functional groups attached to an aromatic ring is 1. The molecule has 1 heterocycles. The van der Waals surface area contributed by atoms with Crippen LogP contribution in [-0.4, -0.2) is 21.1 Å². The molecule has 3 rings (SSSR count). The monoisotopic (exact) mass is 532 g/mol. The molecule has 3 aromatic rings. The third-order valence-corrected chi connectivity index (χ3v) is 5.00. The number of ether oxygens (including phenoxy) is 1. The first-order chi connectivity index (χ1) is 12.9. The zero-order chi connectivity index (χ0) is 19.4. The molecule has 0 unspecified atom stereocenters. The predicted octanol–water partition coefficient (Wildman–Crippen LogP) is 4.85. The summed E-state index contributed by atoms with van der Waals surface area (Å²) in [6.07, 6.45) is 2.95. The SMILES string of the molecule is Nn1cnnc1NN=Cc1cc(Br)cc(Br)c1OCc1ccc(Cl)cc1Cl. The lowest BCUT2D eigenvalue weighted by molar-refractivity contribution is 0.304. The molecule has 0 radical (unpaired) electrons. The van der Waals surface area contributed by atoms with Crippen molar-refractivity contribution in [2.45, 2.75) is 6.61 Å². The van der Waals surface area contributed by atoms with Crippen LogP contribution in [0.15, 0.2) is 50.7 Å². The molecule has 0 atom stereocenters. The van der Waals surface area contributed by atoms with E-state index in [4.69, 9.17) is 33.8 Å². The quantitative estimate of drug-likeness (QED) is 0.268. The van der Waals surface area contributed by atoms with Gasteiger partial charge < -0.3 is 10.6 Å². The average Bonchev–Trinajstić information content (AvgIpc) is 3.00. The number of aromatic nitrogens is 3. The number of anilines is 1. The molecule has 0 aliphatic rings. The second kappa shape index (κ2) is 8.92. The Balaban J connectivity index is 1.80. The van der Waals surface area contributed by atoms with E-state index >= 15 is 0 Å². The van der Waals surface area contributed by atoms with Gasteiger partial charge in [0.1, 0.15) is 18.7 Å². The number of nitrogens with two attached hydrogens (primary N) is 1. The summed E-state index contributed by atoms with van der Waals surface area (Å²) >= 11 is 19.1. The van der Waals surface area contributed by atoms with Crippen molar-refractivity contribution in [3.63, 3.8) is 0 Å². The summed E-state index contributed by atoms with van der Waals surface area (Å²) in [5, 5.41) is 12.7. The Hall–Kier alpha value is -1.81. The number of benzene rings is 2. The summed E-state index contributed by atoms with van der Waals surface area (Å²) in [6, 6.07) is 8.99. The Bertz CT molecular complexity index is 995. The van der Waals surface area contributed by atoms with Gasteiger partial charge in [-0.1, -0.05) is 45.2 Å². The highest BCUT2D eigenvalue weighted by atomic mass is 79.9. The van der Waals surface area contributed by atoms with Crippen molar-refractivity contribution in [2.24, 2.45) is 5.10 Å². The van der Waals surface area contributed by atoms with Gasteiger partial charge in [0.05, 0.1) is 10.7 Å². The van der Waals surface area contributed by atoms with E-state index in [0.717, 1.165) is 20.1 Å². The normalized spacial score (nSPS) is 11.1. The minimum absolute atomic E-state index is 0.266. The molecule has 11 heteroatoms. The van der Waals surface area contributed by atoms with E-state index in [1.807, 2.05) is 18.2 Å². The van der Waals surface area contributed by atoms with Crippen LogP contribution in [0.25, 0.3) is 0 Å². The smallest absolute Gasteiger partial charge is 0.263 e. The van der Waals surface area contributed by atoms with Crippen LogP contribution in [0, 0.1) is 0 Å². The Morgan fingerprint density at radius 1 is 1.26 bits per heavy atom. The van der Waals surface area contributed by atoms with Crippen LogP contribution in [0.3, 0.4) is 0 Å². The molecule has 1 aromatic heterocycles. The van der Waals surface area contributed by atoms with Crippen LogP contribution in [0.5, 0.6) is 5.75 Å². The highest BCUT2D eigenvalue weighted by molar-refractivity contribution is 9.11. The van der Waals surface area contributed by atoms with Crippen molar-refractivity contribution in [3.05, 3.63) is 66.8 Å². The van der Waals surface area contributed by atoms with Crippen molar-refractivity contribution in [2.75, 3.05) is 11.3 Å². The molecule has 7 nitrogen and oxygen atoms in total. The van der Waals surface area contributed by atoms with Gasteiger partial charge in [0.25, 0.3) is 5.95 Å². The zero-order valence-electron chi connectivity index (χ0n) is 13.5. The van der Waals surface area contributed by atoms with Gasteiger partial charge in [-0.25, -0.2) is 10.1 Å². The highest BCUT2D eigenvalue weighted by Crippen LogP contribution is 2.33. The largest absolute Gasteiger partial charge is 0.487 e. The van der Waals surface area contributed by atoms with Crippen molar-refractivity contribution in [1.29, 1.82) is 0 Å². The molecule has 0 fully saturated rings. The average molecular weight is 535 g/mol. The molecule has 140 valence electrons. The van der Waals surface area contributed by atoms with Gasteiger partial charge in [-0.15, -0.1) is 10.2 Å². The highest BCUT2D eigenvalue weighted by Gasteiger charge is 2.11. The topological polar surface area (TPSA) is 90.4 Å². The molecular formula is C16H12Br2Cl2N6O. The molecule has 2 aromatic carbocycles. The molecule has 3 N–H and O–H groups in total. The van der Waals surface area contributed by atoms with Gasteiger partial charge in [-0.05, 0) is 40.2 Å². The Kier molecular flexibility index (Phi) is 6.59. The van der Waals surface area contributed by atoms with E-state index in [0.29, 0.717) is 21.7 Å². The third kappa shape index (κ3) is 5.13. The second-order valence-electron chi connectivity index (χ2n) is 5.26. The number of hydrogen-bond acceptors (Lipinski definition) is 6. The lowest BCUT2D eigenvalue weighted by atomic mass is 10.2. The van der Waals surface area contributed by atoms with E-state index in [9.17, 15) is 0 Å². The Morgan fingerprint density at radius 3 is 2.78 bits per heavy atom. The van der Waals surface area contributed by atoms with Gasteiger partial charge in [0, 0.05) is 25.6 Å². The number of nitrogens with one attached hydrogen (secondary N) is 1. The number of nitrogens with zero attached hydrogens (tertiary/aromatic N) is 4. The lowest BCUT2D eigenvalue weighted by Crippen LogP contribution is -2.10. The van der Waals surface area contributed by atoms with Crippen LogP contribution >= 0.6 is 55.1 Å². The molecule has 0 saturated carbocycles. The number of hydrazone groups is 1. The molecule has 27 heavy (non-hydrogen) atoms.